The fraction of sp³-hybridized carbons (Fsp3) is 0.947. The predicted octanol–water partition coefficient (Wildman–Crippen LogP) is 22.6. The molecule has 3 N–H and O–H groups in total. The number of ether oxygens (including phenoxy) is 4. The summed E-state index contributed by atoms with van der Waals surface area (Å²) < 4.78 is 68.5. The third kappa shape index (κ3) is 70.3. The second kappa shape index (κ2) is 70.5. The van der Waals surface area contributed by atoms with E-state index in [1.807, 2.05) is 0 Å². The molecule has 3 unspecified atom stereocenters. The Balaban J connectivity index is 5.22. The van der Waals surface area contributed by atoms with E-state index in [-0.39, 0.29) is 25.7 Å². The predicted molar refractivity (Wildman–Crippen MR) is 386 cm³/mol. The van der Waals surface area contributed by atoms with E-state index in [4.69, 9.17) is 37.0 Å². The van der Waals surface area contributed by atoms with Crippen LogP contribution in [0.4, 0.5) is 0 Å². The fourth-order valence-electron chi connectivity index (χ4n) is 11.8. The number of rotatable bonds is 77. The summed E-state index contributed by atoms with van der Waals surface area (Å²) in [6.07, 6.45) is 60.9. The van der Waals surface area contributed by atoms with Crippen molar-refractivity contribution in [2.24, 2.45) is 0 Å². The van der Waals surface area contributed by atoms with Gasteiger partial charge < -0.3 is 33.8 Å². The molecule has 0 saturated carbocycles. The highest BCUT2D eigenvalue weighted by atomic mass is 31.2. The smallest absolute Gasteiger partial charge is 0.462 e. The highest BCUT2D eigenvalue weighted by Crippen LogP contribution is 2.45. The van der Waals surface area contributed by atoms with E-state index in [1.54, 1.807) is 0 Å². The highest BCUT2D eigenvalue weighted by molar-refractivity contribution is 7.47. The molecule has 0 saturated heterocycles. The van der Waals surface area contributed by atoms with Crippen molar-refractivity contribution in [1.29, 1.82) is 0 Å². The summed E-state index contributed by atoms with van der Waals surface area (Å²) in [7, 11) is -9.91. The molecule has 0 aliphatic heterocycles. The maximum Gasteiger partial charge on any atom is 0.472 e. The fourth-order valence-corrected chi connectivity index (χ4v) is 13.3. The van der Waals surface area contributed by atoms with Crippen LogP contribution in [-0.2, 0) is 65.4 Å². The Morgan fingerprint density at radius 3 is 0.621 bits per heavy atom. The van der Waals surface area contributed by atoms with Crippen LogP contribution in [0.15, 0.2) is 0 Å². The van der Waals surface area contributed by atoms with E-state index in [9.17, 15) is 43.2 Å². The van der Waals surface area contributed by atoms with Crippen LogP contribution in [-0.4, -0.2) is 96.7 Å². The van der Waals surface area contributed by atoms with Gasteiger partial charge in [-0.25, -0.2) is 9.13 Å². The third-order valence-corrected chi connectivity index (χ3v) is 19.8. The van der Waals surface area contributed by atoms with Gasteiger partial charge in [0.15, 0.2) is 12.2 Å². The van der Waals surface area contributed by atoms with Crippen LogP contribution in [0.2, 0.25) is 0 Å². The molecule has 0 radical (unpaired) electrons. The number of esters is 4. The SMILES string of the molecule is CCCCCCCCCCCCCCCCCCCCCC(=O)O[C@H](COC(=O)CCCCCCCCCCCCCCC)COP(=O)(O)OCC(O)COP(=O)(O)OC[C@@H](COC(=O)CCCCCCCCCCCCC)OC(=O)CCCCCCCCCCCCCC. The molecule has 0 spiro atoms. The van der Waals surface area contributed by atoms with Crippen molar-refractivity contribution in [3.8, 4) is 0 Å². The van der Waals surface area contributed by atoms with Crippen molar-refractivity contribution in [2.75, 3.05) is 39.6 Å². The number of unbranched alkanes of at least 4 members (excludes halogenated alkanes) is 51. The second-order valence-electron chi connectivity index (χ2n) is 27.4. The lowest BCUT2D eigenvalue weighted by Crippen LogP contribution is -2.30. The van der Waals surface area contributed by atoms with Crippen molar-refractivity contribution in [3.63, 3.8) is 0 Å². The Bertz CT molecular complexity index is 1810. The molecule has 0 bridgehead atoms. The third-order valence-electron chi connectivity index (χ3n) is 17.9. The highest BCUT2D eigenvalue weighted by Gasteiger charge is 2.30. The van der Waals surface area contributed by atoms with Crippen LogP contribution in [0.25, 0.3) is 0 Å². The van der Waals surface area contributed by atoms with Crippen LogP contribution >= 0.6 is 15.6 Å². The summed E-state index contributed by atoms with van der Waals surface area (Å²) >= 11 is 0. The Kier molecular flexibility index (Phi) is 69.1. The number of phosphoric acid groups is 2. The molecule has 0 aromatic heterocycles. The maximum absolute atomic E-state index is 13.1. The first-order valence-electron chi connectivity index (χ1n) is 39.8. The lowest BCUT2D eigenvalue weighted by atomic mass is 10.0. The largest absolute Gasteiger partial charge is 0.472 e. The van der Waals surface area contributed by atoms with Gasteiger partial charge in [0.2, 0.25) is 0 Å². The Hall–Kier alpha value is -1.94. The van der Waals surface area contributed by atoms with Gasteiger partial charge >= 0.3 is 39.5 Å². The molecule has 95 heavy (non-hydrogen) atoms. The van der Waals surface area contributed by atoms with Crippen molar-refractivity contribution in [1.82, 2.24) is 0 Å². The normalized spacial score (nSPS) is 13.9. The molecule has 0 fully saturated rings. The second-order valence-corrected chi connectivity index (χ2v) is 30.3. The average Bonchev–Trinajstić information content (AvgIpc) is 2.52. The molecule has 564 valence electrons. The molecule has 0 rings (SSSR count). The van der Waals surface area contributed by atoms with Gasteiger partial charge in [0.25, 0.3) is 0 Å². The van der Waals surface area contributed by atoms with Gasteiger partial charge in [-0.1, -0.05) is 355 Å². The summed E-state index contributed by atoms with van der Waals surface area (Å²) in [5.41, 5.74) is 0. The van der Waals surface area contributed by atoms with Crippen LogP contribution < -0.4 is 0 Å². The van der Waals surface area contributed by atoms with E-state index >= 15 is 0 Å². The number of carbonyl (C=O) groups excluding carboxylic acids is 4. The molecule has 0 aliphatic rings. The van der Waals surface area contributed by atoms with E-state index in [2.05, 4.69) is 27.7 Å². The van der Waals surface area contributed by atoms with E-state index < -0.39 is 97.5 Å². The zero-order valence-electron chi connectivity index (χ0n) is 61.6. The van der Waals surface area contributed by atoms with E-state index in [0.717, 1.165) is 89.9 Å². The van der Waals surface area contributed by atoms with Crippen LogP contribution in [0.1, 0.15) is 407 Å². The molecule has 0 aliphatic carbocycles. The zero-order chi connectivity index (χ0) is 69.7. The van der Waals surface area contributed by atoms with Gasteiger partial charge in [-0.2, -0.15) is 0 Å². The summed E-state index contributed by atoms with van der Waals surface area (Å²) in [5, 5.41) is 10.6. The van der Waals surface area contributed by atoms with Crippen molar-refractivity contribution < 1.29 is 80.2 Å². The molecule has 0 aromatic rings. The summed E-state index contributed by atoms with van der Waals surface area (Å²) in [4.78, 5) is 72.8. The summed E-state index contributed by atoms with van der Waals surface area (Å²) in [6.45, 7) is 4.99. The van der Waals surface area contributed by atoms with Crippen LogP contribution in [0.5, 0.6) is 0 Å². The molecule has 0 aromatic carbocycles. The first-order valence-corrected chi connectivity index (χ1v) is 42.8. The van der Waals surface area contributed by atoms with Crippen molar-refractivity contribution >= 4 is 39.5 Å². The summed E-state index contributed by atoms with van der Waals surface area (Å²) in [6, 6.07) is 0. The number of carbonyl (C=O) groups is 4. The van der Waals surface area contributed by atoms with Crippen LogP contribution in [0, 0.1) is 0 Å². The Morgan fingerprint density at radius 2 is 0.421 bits per heavy atom. The minimum absolute atomic E-state index is 0.108. The van der Waals surface area contributed by atoms with Crippen LogP contribution in [0.3, 0.4) is 0 Å². The monoisotopic (exact) mass is 1400 g/mol. The lowest BCUT2D eigenvalue weighted by molar-refractivity contribution is -0.161. The maximum atomic E-state index is 13.1. The van der Waals surface area contributed by atoms with Gasteiger partial charge in [0.1, 0.15) is 19.3 Å². The summed E-state index contributed by atoms with van der Waals surface area (Å²) in [5.74, 6) is -2.11. The standard InChI is InChI=1S/C76H148O17P2/c1-5-9-13-17-21-25-29-32-33-34-35-36-37-39-43-47-51-55-59-63-76(81)93-72(67-87-74(79)61-57-53-49-45-42-38-30-26-22-18-14-10-6-2)69-91-95(84,85)89-65-70(77)64-88-94(82,83)90-68-71(66-86-73(78)60-56-52-48-44-40-28-24-20-16-12-8-4)92-75(80)62-58-54-50-46-41-31-27-23-19-15-11-7-3/h70-72,77H,5-69H2,1-4H3,(H,82,83)(H,84,85)/t70?,71-,72-/m1/s1. The number of hydrogen-bond donors (Lipinski definition) is 3. The van der Waals surface area contributed by atoms with Crippen molar-refractivity contribution in [2.45, 2.75) is 425 Å². The molecule has 5 atom stereocenters. The number of aliphatic hydroxyl groups is 1. The first kappa shape index (κ1) is 93.1. The first-order chi connectivity index (χ1) is 46.2. The molecule has 0 heterocycles. The van der Waals surface area contributed by atoms with Crippen molar-refractivity contribution in [3.05, 3.63) is 0 Å². The number of hydrogen-bond acceptors (Lipinski definition) is 15. The van der Waals surface area contributed by atoms with Gasteiger partial charge in [-0.3, -0.25) is 37.3 Å². The molecule has 19 heteroatoms. The molecular weight excluding hydrogens is 1250 g/mol. The van der Waals surface area contributed by atoms with Gasteiger partial charge in [-0.15, -0.1) is 0 Å². The minimum Gasteiger partial charge on any atom is -0.462 e. The average molecular weight is 1400 g/mol. The Morgan fingerprint density at radius 1 is 0.253 bits per heavy atom. The Labute approximate surface area is 581 Å². The molecule has 0 amide bonds. The zero-order valence-corrected chi connectivity index (χ0v) is 63.4. The number of aliphatic hydroxyl groups excluding tert-OH is 1. The molecule has 17 nitrogen and oxygen atoms in total. The number of phosphoric ester groups is 2. The van der Waals surface area contributed by atoms with Gasteiger partial charge in [0, 0.05) is 25.7 Å². The van der Waals surface area contributed by atoms with E-state index in [0.29, 0.717) is 25.7 Å². The quantitative estimate of drug-likeness (QED) is 0.0222. The topological polar surface area (TPSA) is 237 Å². The van der Waals surface area contributed by atoms with E-state index in [1.165, 1.54) is 238 Å². The lowest BCUT2D eigenvalue weighted by Gasteiger charge is -2.21. The minimum atomic E-state index is -4.96. The van der Waals surface area contributed by atoms with Gasteiger partial charge in [0.05, 0.1) is 26.4 Å². The molecular formula is C76H148O17P2. The van der Waals surface area contributed by atoms with Gasteiger partial charge in [-0.05, 0) is 25.7 Å².